The van der Waals surface area contributed by atoms with Gasteiger partial charge in [-0.05, 0) is 37.5 Å². The van der Waals surface area contributed by atoms with E-state index in [0.717, 1.165) is 102 Å². The third kappa shape index (κ3) is 82.1. The van der Waals surface area contributed by atoms with Crippen molar-refractivity contribution in [1.29, 1.82) is 0 Å². The van der Waals surface area contributed by atoms with Gasteiger partial charge in [-0.3, -0.25) is 37.3 Å². The summed E-state index contributed by atoms with van der Waals surface area (Å²) in [7, 11) is -9.93. The van der Waals surface area contributed by atoms with Gasteiger partial charge < -0.3 is 33.8 Å². The Bertz CT molecular complexity index is 2060. The number of hydrogen-bond donors (Lipinski definition) is 3. The first-order valence-corrected chi connectivity index (χ1v) is 49.0. The lowest BCUT2D eigenvalue weighted by Crippen LogP contribution is -2.30. The van der Waals surface area contributed by atoms with Crippen molar-refractivity contribution in [3.8, 4) is 0 Å². The molecule has 0 radical (unpaired) electrons. The van der Waals surface area contributed by atoms with E-state index in [1.165, 1.54) is 295 Å². The summed E-state index contributed by atoms with van der Waals surface area (Å²) in [4.78, 5) is 73.4. The van der Waals surface area contributed by atoms with E-state index in [9.17, 15) is 43.2 Å². The zero-order valence-corrected chi connectivity index (χ0v) is 73.0. The summed E-state index contributed by atoms with van der Waals surface area (Å²) in [6.07, 6.45) is 73.5. The molecule has 0 fully saturated rings. The van der Waals surface area contributed by atoms with Gasteiger partial charge in [-0.15, -0.1) is 0 Å². The highest BCUT2D eigenvalue weighted by molar-refractivity contribution is 7.47. The second-order valence-corrected chi connectivity index (χ2v) is 35.8. The van der Waals surface area contributed by atoms with Crippen LogP contribution >= 0.6 is 15.6 Å². The SMILES string of the molecule is CCCCCCCCCCCCCCCCCCCCCCCC(=O)O[C@H](COC(=O)CCCCCCCCCCCCCCCCCC(C)C)COP(=O)(O)OC[C@@H](O)COP(=O)(O)OC[C@@H](COC(=O)CCCCCCCCCCCCCCC)OC(=O)CCCCCCCCCCCCCCCC(C)C. The lowest BCUT2D eigenvalue weighted by atomic mass is 10.0. The first kappa shape index (κ1) is 106. The van der Waals surface area contributed by atoms with Crippen molar-refractivity contribution in [1.82, 2.24) is 0 Å². The molecule has 0 spiro atoms. The summed E-state index contributed by atoms with van der Waals surface area (Å²) in [5.74, 6) is -0.504. The van der Waals surface area contributed by atoms with Gasteiger partial charge in [-0.2, -0.15) is 0 Å². The highest BCUT2D eigenvalue weighted by Gasteiger charge is 2.31. The van der Waals surface area contributed by atoms with Gasteiger partial charge in [0.25, 0.3) is 0 Å². The molecule has 0 aromatic heterocycles. The Morgan fingerprint density at radius 2 is 0.426 bits per heavy atom. The summed E-state index contributed by atoms with van der Waals surface area (Å²) < 4.78 is 69.0. The number of phosphoric ester groups is 2. The van der Waals surface area contributed by atoms with E-state index in [0.29, 0.717) is 25.7 Å². The summed E-state index contributed by atoms with van der Waals surface area (Å²) in [6.45, 7) is 9.74. The summed E-state index contributed by atoms with van der Waals surface area (Å²) in [6, 6.07) is 0. The highest BCUT2D eigenvalue weighted by Crippen LogP contribution is 2.45. The number of carbonyl (C=O) groups is 4. The second kappa shape index (κ2) is 80.3. The topological polar surface area (TPSA) is 237 Å². The fourth-order valence-corrected chi connectivity index (χ4v) is 15.5. The molecule has 0 aromatic carbocycles. The molecule has 17 nitrogen and oxygen atoms in total. The maximum absolute atomic E-state index is 13.2. The van der Waals surface area contributed by atoms with Crippen molar-refractivity contribution < 1.29 is 80.2 Å². The Balaban J connectivity index is 5.26. The van der Waals surface area contributed by atoms with Gasteiger partial charge in [0, 0.05) is 25.7 Å². The molecule has 0 aliphatic rings. The third-order valence-corrected chi connectivity index (χ3v) is 22.9. The molecule has 0 rings (SSSR count). The first-order valence-electron chi connectivity index (χ1n) is 46.0. The number of ether oxygens (including phenoxy) is 4. The van der Waals surface area contributed by atoms with Crippen LogP contribution in [-0.2, 0) is 65.4 Å². The molecule has 0 saturated heterocycles. The van der Waals surface area contributed by atoms with Crippen LogP contribution in [0.25, 0.3) is 0 Å². The standard InChI is InChI=1S/C89H174O17P2/c1-7-9-11-13-15-17-19-21-22-23-24-25-26-27-30-37-43-49-55-61-67-73-88(93)105-85(78-100-87(92)72-66-60-54-48-42-36-31-28-29-34-39-45-51-57-63-69-81(3)4)80-104-108(97,98)102-76-83(90)75-101-107(95,96)103-79-84(77-99-86(91)71-65-59-53-47-41-33-20-18-16-14-12-10-8-2)106-89(94)74-68-62-56-50-44-38-32-35-40-46-52-58-64-70-82(5)6/h81-85,90H,7-80H2,1-6H3,(H,95,96)(H,97,98)/t83-,84+,85+/m0/s1. The molecule has 0 aliphatic carbocycles. The molecular formula is C89H174O17P2. The predicted octanol–water partition coefficient (Wildman–Crippen LogP) is 27.4. The van der Waals surface area contributed by atoms with E-state index in [-0.39, 0.29) is 25.7 Å². The molecule has 0 bridgehead atoms. The average Bonchev–Trinajstić information content (AvgIpc) is 0.898. The van der Waals surface area contributed by atoms with Crippen molar-refractivity contribution in [3.05, 3.63) is 0 Å². The smallest absolute Gasteiger partial charge is 0.462 e. The Morgan fingerprint density at radius 3 is 0.630 bits per heavy atom. The van der Waals surface area contributed by atoms with E-state index < -0.39 is 97.5 Å². The normalized spacial score (nSPS) is 13.8. The van der Waals surface area contributed by atoms with Crippen LogP contribution in [-0.4, -0.2) is 96.7 Å². The Morgan fingerprint density at radius 1 is 0.250 bits per heavy atom. The largest absolute Gasteiger partial charge is 0.472 e. The molecular weight excluding hydrogens is 1400 g/mol. The minimum Gasteiger partial charge on any atom is -0.462 e. The summed E-state index contributed by atoms with van der Waals surface area (Å²) in [5, 5.41) is 10.7. The lowest BCUT2D eigenvalue weighted by molar-refractivity contribution is -0.161. The van der Waals surface area contributed by atoms with Crippen LogP contribution in [0.3, 0.4) is 0 Å². The first-order chi connectivity index (χ1) is 52.4. The average molecular weight is 1580 g/mol. The molecule has 19 heteroatoms. The minimum atomic E-state index is -4.97. The monoisotopic (exact) mass is 1580 g/mol. The van der Waals surface area contributed by atoms with Crippen LogP contribution < -0.4 is 0 Å². The number of aliphatic hydroxyl groups excluding tert-OH is 1. The molecule has 0 amide bonds. The van der Waals surface area contributed by atoms with Crippen LogP contribution in [0, 0.1) is 11.8 Å². The number of unbranched alkanes of at least 4 members (excludes halogenated alkanes) is 58. The summed E-state index contributed by atoms with van der Waals surface area (Å²) in [5.41, 5.74) is 0. The van der Waals surface area contributed by atoms with E-state index in [1.54, 1.807) is 0 Å². The van der Waals surface area contributed by atoms with Gasteiger partial charge in [-0.25, -0.2) is 9.13 Å². The number of rotatable bonds is 88. The van der Waals surface area contributed by atoms with Crippen molar-refractivity contribution in [2.75, 3.05) is 39.6 Å². The lowest BCUT2D eigenvalue weighted by Gasteiger charge is -2.21. The van der Waals surface area contributed by atoms with E-state index in [4.69, 9.17) is 37.0 Å². The van der Waals surface area contributed by atoms with Gasteiger partial charge in [0.15, 0.2) is 12.2 Å². The molecule has 108 heavy (non-hydrogen) atoms. The summed E-state index contributed by atoms with van der Waals surface area (Å²) >= 11 is 0. The van der Waals surface area contributed by atoms with Gasteiger partial charge in [-0.1, -0.05) is 427 Å². The van der Waals surface area contributed by atoms with Crippen molar-refractivity contribution in [2.45, 2.75) is 496 Å². The molecule has 0 saturated carbocycles. The van der Waals surface area contributed by atoms with Crippen LogP contribution in [0.2, 0.25) is 0 Å². The number of aliphatic hydroxyl groups is 1. The van der Waals surface area contributed by atoms with E-state index in [2.05, 4.69) is 41.5 Å². The van der Waals surface area contributed by atoms with Crippen LogP contribution in [0.4, 0.5) is 0 Å². The van der Waals surface area contributed by atoms with Crippen LogP contribution in [0.5, 0.6) is 0 Å². The zero-order valence-electron chi connectivity index (χ0n) is 71.2. The zero-order chi connectivity index (χ0) is 79.2. The van der Waals surface area contributed by atoms with Gasteiger partial charge in [0.2, 0.25) is 0 Å². The van der Waals surface area contributed by atoms with Gasteiger partial charge >= 0.3 is 39.5 Å². The van der Waals surface area contributed by atoms with Crippen molar-refractivity contribution in [3.63, 3.8) is 0 Å². The molecule has 0 aliphatic heterocycles. The third-order valence-electron chi connectivity index (χ3n) is 21.0. The van der Waals surface area contributed by atoms with Crippen LogP contribution in [0.1, 0.15) is 478 Å². The fourth-order valence-electron chi connectivity index (χ4n) is 14.0. The predicted molar refractivity (Wildman–Crippen MR) is 446 cm³/mol. The van der Waals surface area contributed by atoms with Gasteiger partial charge in [0.05, 0.1) is 26.4 Å². The molecule has 3 N–H and O–H groups in total. The Labute approximate surface area is 664 Å². The number of hydrogen-bond acceptors (Lipinski definition) is 15. The number of esters is 4. The molecule has 0 heterocycles. The molecule has 2 unspecified atom stereocenters. The Kier molecular flexibility index (Phi) is 78.8. The maximum Gasteiger partial charge on any atom is 0.472 e. The highest BCUT2D eigenvalue weighted by atomic mass is 31.2. The fraction of sp³-hybridized carbons (Fsp3) is 0.955. The van der Waals surface area contributed by atoms with E-state index in [1.807, 2.05) is 0 Å². The van der Waals surface area contributed by atoms with Crippen molar-refractivity contribution >= 4 is 39.5 Å². The molecule has 5 atom stereocenters. The number of carbonyl (C=O) groups excluding carboxylic acids is 4. The Hall–Kier alpha value is -1.94. The quantitative estimate of drug-likeness (QED) is 0.0222. The molecule has 642 valence electrons. The van der Waals surface area contributed by atoms with E-state index >= 15 is 0 Å². The maximum atomic E-state index is 13.2. The minimum absolute atomic E-state index is 0.108. The van der Waals surface area contributed by atoms with Crippen molar-refractivity contribution in [2.24, 2.45) is 11.8 Å². The molecule has 0 aromatic rings. The number of phosphoric acid groups is 2. The van der Waals surface area contributed by atoms with Crippen LogP contribution in [0.15, 0.2) is 0 Å². The second-order valence-electron chi connectivity index (χ2n) is 32.9. The van der Waals surface area contributed by atoms with Gasteiger partial charge in [0.1, 0.15) is 19.3 Å².